The van der Waals surface area contributed by atoms with Crippen molar-refractivity contribution in [1.82, 2.24) is 9.78 Å². The molecule has 0 amide bonds. The number of aryl methyl sites for hydroxylation is 2. The standard InChI is InChI=1S/C14H16N2O2/c1-9-4-10(2)6-12(5-9)13-7-15-16(11(13)3)8-14(17)18/h4-7H,8H2,1-3H3,(H,17,18). The van der Waals surface area contributed by atoms with Crippen molar-refractivity contribution in [3.8, 4) is 11.1 Å². The van der Waals surface area contributed by atoms with E-state index in [-0.39, 0.29) is 6.54 Å². The van der Waals surface area contributed by atoms with Crippen LogP contribution in [0.2, 0.25) is 0 Å². The minimum absolute atomic E-state index is 0.101. The average Bonchev–Trinajstić information content (AvgIpc) is 2.58. The van der Waals surface area contributed by atoms with Crippen LogP contribution in [0.5, 0.6) is 0 Å². The Morgan fingerprint density at radius 2 is 1.83 bits per heavy atom. The van der Waals surface area contributed by atoms with Gasteiger partial charge in [0.1, 0.15) is 6.54 Å². The van der Waals surface area contributed by atoms with Gasteiger partial charge in [-0.3, -0.25) is 9.48 Å². The molecular weight excluding hydrogens is 228 g/mol. The molecule has 2 aromatic rings. The molecule has 4 nitrogen and oxygen atoms in total. The van der Waals surface area contributed by atoms with Gasteiger partial charge >= 0.3 is 5.97 Å². The van der Waals surface area contributed by atoms with Gasteiger partial charge in [0.15, 0.2) is 0 Å². The molecule has 0 unspecified atom stereocenters. The number of benzene rings is 1. The maximum atomic E-state index is 10.7. The van der Waals surface area contributed by atoms with E-state index in [1.807, 2.05) is 20.8 Å². The van der Waals surface area contributed by atoms with Crippen molar-refractivity contribution in [3.63, 3.8) is 0 Å². The number of rotatable bonds is 3. The van der Waals surface area contributed by atoms with Crippen LogP contribution in [0.4, 0.5) is 0 Å². The highest BCUT2D eigenvalue weighted by molar-refractivity contribution is 5.69. The zero-order chi connectivity index (χ0) is 13.3. The molecule has 0 fully saturated rings. The van der Waals surface area contributed by atoms with Gasteiger partial charge in [-0.1, -0.05) is 29.3 Å². The molecule has 0 aliphatic carbocycles. The Morgan fingerprint density at radius 1 is 1.22 bits per heavy atom. The van der Waals surface area contributed by atoms with E-state index in [2.05, 4.69) is 23.3 Å². The SMILES string of the molecule is Cc1cc(C)cc(-c2cnn(CC(=O)O)c2C)c1. The number of aromatic nitrogens is 2. The van der Waals surface area contributed by atoms with Crippen molar-refractivity contribution in [2.75, 3.05) is 0 Å². The second-order valence-electron chi connectivity index (χ2n) is 4.57. The van der Waals surface area contributed by atoms with Crippen LogP contribution in [0.3, 0.4) is 0 Å². The molecule has 0 atom stereocenters. The van der Waals surface area contributed by atoms with Gasteiger partial charge in [0, 0.05) is 11.3 Å². The van der Waals surface area contributed by atoms with E-state index in [4.69, 9.17) is 5.11 Å². The number of carboxylic acid groups (broad SMARTS) is 1. The Bertz CT molecular complexity index is 580. The second kappa shape index (κ2) is 4.64. The third-order valence-electron chi connectivity index (χ3n) is 2.92. The molecule has 0 aliphatic rings. The summed E-state index contributed by atoms with van der Waals surface area (Å²) in [5.74, 6) is -0.881. The molecule has 1 heterocycles. The Hall–Kier alpha value is -2.10. The number of hydrogen-bond acceptors (Lipinski definition) is 2. The first-order valence-electron chi connectivity index (χ1n) is 5.80. The molecule has 0 saturated heterocycles. The summed E-state index contributed by atoms with van der Waals surface area (Å²) in [5, 5.41) is 12.9. The van der Waals surface area contributed by atoms with E-state index < -0.39 is 5.97 Å². The molecule has 2 rings (SSSR count). The predicted octanol–water partition coefficient (Wildman–Crippen LogP) is 2.56. The number of aliphatic carboxylic acids is 1. The quantitative estimate of drug-likeness (QED) is 0.902. The monoisotopic (exact) mass is 244 g/mol. The Kier molecular flexibility index (Phi) is 3.19. The van der Waals surface area contributed by atoms with Crippen LogP contribution >= 0.6 is 0 Å². The van der Waals surface area contributed by atoms with Crippen LogP contribution in [0, 0.1) is 20.8 Å². The van der Waals surface area contributed by atoms with Gasteiger partial charge in [-0.15, -0.1) is 0 Å². The van der Waals surface area contributed by atoms with Gasteiger partial charge in [-0.2, -0.15) is 5.10 Å². The summed E-state index contributed by atoms with van der Waals surface area (Å²) in [6.07, 6.45) is 1.73. The summed E-state index contributed by atoms with van der Waals surface area (Å²) in [5.41, 5.74) is 5.33. The molecule has 0 saturated carbocycles. The van der Waals surface area contributed by atoms with Crippen molar-refractivity contribution in [2.45, 2.75) is 27.3 Å². The lowest BCUT2D eigenvalue weighted by Gasteiger charge is -2.05. The second-order valence-corrected chi connectivity index (χ2v) is 4.57. The molecule has 0 bridgehead atoms. The van der Waals surface area contributed by atoms with E-state index in [1.54, 1.807) is 6.20 Å². The van der Waals surface area contributed by atoms with Crippen LogP contribution < -0.4 is 0 Å². The first kappa shape index (κ1) is 12.4. The highest BCUT2D eigenvalue weighted by atomic mass is 16.4. The van der Waals surface area contributed by atoms with Gasteiger partial charge in [0.05, 0.1) is 6.20 Å². The minimum atomic E-state index is -0.881. The van der Waals surface area contributed by atoms with Crippen molar-refractivity contribution in [1.29, 1.82) is 0 Å². The van der Waals surface area contributed by atoms with Crippen molar-refractivity contribution < 1.29 is 9.90 Å². The Labute approximate surface area is 106 Å². The molecule has 1 aromatic carbocycles. The number of carboxylic acids is 1. The summed E-state index contributed by atoms with van der Waals surface area (Å²) in [4.78, 5) is 10.7. The fourth-order valence-corrected chi connectivity index (χ4v) is 2.15. The van der Waals surface area contributed by atoms with Crippen molar-refractivity contribution >= 4 is 5.97 Å². The summed E-state index contributed by atoms with van der Waals surface area (Å²) >= 11 is 0. The van der Waals surface area contributed by atoms with Gasteiger partial charge in [-0.25, -0.2) is 0 Å². The maximum Gasteiger partial charge on any atom is 0.325 e. The third-order valence-corrected chi connectivity index (χ3v) is 2.92. The third kappa shape index (κ3) is 2.42. The van der Waals surface area contributed by atoms with E-state index >= 15 is 0 Å². The van der Waals surface area contributed by atoms with Crippen molar-refractivity contribution in [3.05, 3.63) is 41.2 Å². The molecule has 0 aliphatic heterocycles. The predicted molar refractivity (Wildman–Crippen MR) is 69.5 cm³/mol. The molecule has 0 radical (unpaired) electrons. The zero-order valence-electron chi connectivity index (χ0n) is 10.8. The smallest absolute Gasteiger partial charge is 0.325 e. The van der Waals surface area contributed by atoms with Gasteiger partial charge in [0.2, 0.25) is 0 Å². The molecule has 94 valence electrons. The van der Waals surface area contributed by atoms with Gasteiger partial charge in [0.25, 0.3) is 0 Å². The lowest BCUT2D eigenvalue weighted by Crippen LogP contribution is -2.11. The number of hydrogen-bond donors (Lipinski definition) is 1. The van der Waals surface area contributed by atoms with Crippen LogP contribution in [-0.4, -0.2) is 20.9 Å². The summed E-state index contributed by atoms with van der Waals surface area (Å²) in [7, 11) is 0. The highest BCUT2D eigenvalue weighted by Crippen LogP contribution is 2.25. The fourth-order valence-electron chi connectivity index (χ4n) is 2.15. The molecule has 4 heteroatoms. The first-order valence-corrected chi connectivity index (χ1v) is 5.80. The molecule has 18 heavy (non-hydrogen) atoms. The highest BCUT2D eigenvalue weighted by Gasteiger charge is 2.11. The lowest BCUT2D eigenvalue weighted by atomic mass is 10.0. The zero-order valence-corrected chi connectivity index (χ0v) is 10.8. The fraction of sp³-hybridized carbons (Fsp3) is 0.286. The average molecular weight is 244 g/mol. The van der Waals surface area contributed by atoms with E-state index in [0.717, 1.165) is 16.8 Å². The van der Waals surface area contributed by atoms with E-state index in [9.17, 15) is 4.79 Å². The maximum absolute atomic E-state index is 10.7. The Balaban J connectivity index is 2.45. The summed E-state index contributed by atoms with van der Waals surface area (Å²) in [6.45, 7) is 5.89. The molecule has 1 N–H and O–H groups in total. The normalized spacial score (nSPS) is 10.6. The lowest BCUT2D eigenvalue weighted by molar-refractivity contribution is -0.137. The Morgan fingerprint density at radius 3 is 2.39 bits per heavy atom. The minimum Gasteiger partial charge on any atom is -0.480 e. The molecule has 0 spiro atoms. The van der Waals surface area contributed by atoms with Crippen LogP contribution in [0.15, 0.2) is 24.4 Å². The first-order chi connectivity index (χ1) is 8.47. The van der Waals surface area contributed by atoms with Gasteiger partial charge in [-0.05, 0) is 26.3 Å². The van der Waals surface area contributed by atoms with E-state index in [0.29, 0.717) is 0 Å². The number of nitrogens with zero attached hydrogens (tertiary/aromatic N) is 2. The van der Waals surface area contributed by atoms with Crippen LogP contribution in [0.25, 0.3) is 11.1 Å². The van der Waals surface area contributed by atoms with Crippen LogP contribution in [0.1, 0.15) is 16.8 Å². The van der Waals surface area contributed by atoms with Gasteiger partial charge < -0.3 is 5.11 Å². The topological polar surface area (TPSA) is 55.1 Å². The van der Waals surface area contributed by atoms with Crippen molar-refractivity contribution in [2.24, 2.45) is 0 Å². The number of carbonyl (C=O) groups is 1. The van der Waals surface area contributed by atoms with E-state index in [1.165, 1.54) is 15.8 Å². The summed E-state index contributed by atoms with van der Waals surface area (Å²) in [6, 6.07) is 6.28. The molecular formula is C14H16N2O2. The van der Waals surface area contributed by atoms with Crippen LogP contribution in [-0.2, 0) is 11.3 Å². The molecule has 1 aromatic heterocycles. The largest absolute Gasteiger partial charge is 0.480 e. The summed E-state index contributed by atoms with van der Waals surface area (Å²) < 4.78 is 1.51.